The van der Waals surface area contributed by atoms with Gasteiger partial charge in [0.2, 0.25) is 0 Å². The minimum atomic E-state index is -3.66. The molecule has 0 aliphatic rings. The monoisotopic (exact) mass is 360 g/mol. The predicted molar refractivity (Wildman–Crippen MR) is 78.9 cm³/mol. The molecule has 1 heterocycles. The van der Waals surface area contributed by atoms with Crippen LogP contribution in [0, 0.1) is 6.92 Å². The summed E-state index contributed by atoms with van der Waals surface area (Å²) in [6, 6.07) is 7.99. The highest BCUT2D eigenvalue weighted by molar-refractivity contribution is 9.10. The standard InChI is InChI=1S/C12H10BrClN2O2S/c1-8-6-9(13)2-3-11(8)16-19(17,18)10-4-5-15-12(14)7-10/h2-7,16H,1H3. The third-order valence-electron chi connectivity index (χ3n) is 2.44. The molecule has 100 valence electrons. The van der Waals surface area contributed by atoms with Crippen molar-refractivity contribution in [3.63, 3.8) is 0 Å². The van der Waals surface area contributed by atoms with E-state index in [-0.39, 0.29) is 10.0 Å². The van der Waals surface area contributed by atoms with Gasteiger partial charge in [-0.15, -0.1) is 0 Å². The summed E-state index contributed by atoms with van der Waals surface area (Å²) >= 11 is 9.02. The molecule has 2 rings (SSSR count). The van der Waals surface area contributed by atoms with Gasteiger partial charge in [0.1, 0.15) is 5.15 Å². The average molecular weight is 362 g/mol. The minimum absolute atomic E-state index is 0.0785. The van der Waals surface area contributed by atoms with E-state index in [2.05, 4.69) is 25.6 Å². The van der Waals surface area contributed by atoms with Crippen molar-refractivity contribution in [2.45, 2.75) is 11.8 Å². The number of rotatable bonds is 3. The lowest BCUT2D eigenvalue weighted by atomic mass is 10.2. The molecule has 0 fully saturated rings. The summed E-state index contributed by atoms with van der Waals surface area (Å²) < 4.78 is 27.8. The molecule has 0 saturated carbocycles. The fourth-order valence-electron chi connectivity index (χ4n) is 1.50. The maximum Gasteiger partial charge on any atom is 0.262 e. The molecular weight excluding hydrogens is 352 g/mol. The molecule has 0 aliphatic carbocycles. The summed E-state index contributed by atoms with van der Waals surface area (Å²) in [5.74, 6) is 0. The van der Waals surface area contributed by atoms with Gasteiger partial charge in [-0.05, 0) is 42.8 Å². The Morgan fingerprint density at radius 2 is 2.00 bits per heavy atom. The number of sulfonamides is 1. The summed E-state index contributed by atoms with van der Waals surface area (Å²) in [5, 5.41) is 0.135. The van der Waals surface area contributed by atoms with E-state index in [4.69, 9.17) is 11.6 Å². The van der Waals surface area contributed by atoms with Gasteiger partial charge in [0.15, 0.2) is 0 Å². The fourth-order valence-corrected chi connectivity index (χ4v) is 3.35. The third kappa shape index (κ3) is 3.46. The molecule has 2 aromatic rings. The lowest BCUT2D eigenvalue weighted by molar-refractivity contribution is 0.601. The quantitative estimate of drug-likeness (QED) is 0.850. The second-order valence-corrected chi connectivity index (χ2v) is 6.86. The number of pyridine rings is 1. The smallest absolute Gasteiger partial charge is 0.262 e. The maximum atomic E-state index is 12.2. The van der Waals surface area contributed by atoms with Crippen molar-refractivity contribution in [3.05, 3.63) is 51.7 Å². The zero-order valence-corrected chi connectivity index (χ0v) is 13.1. The highest BCUT2D eigenvalue weighted by Gasteiger charge is 2.15. The van der Waals surface area contributed by atoms with Crippen LogP contribution in [0.2, 0.25) is 5.15 Å². The van der Waals surface area contributed by atoms with Gasteiger partial charge in [-0.1, -0.05) is 27.5 Å². The van der Waals surface area contributed by atoms with E-state index in [1.54, 1.807) is 12.1 Å². The van der Waals surface area contributed by atoms with Crippen molar-refractivity contribution in [2.24, 2.45) is 0 Å². The summed E-state index contributed by atoms with van der Waals surface area (Å²) in [7, 11) is -3.66. The highest BCUT2D eigenvalue weighted by atomic mass is 79.9. The maximum absolute atomic E-state index is 12.2. The summed E-state index contributed by atoms with van der Waals surface area (Å²) in [6.07, 6.45) is 1.35. The zero-order valence-electron chi connectivity index (χ0n) is 9.89. The number of aromatic nitrogens is 1. The summed E-state index contributed by atoms with van der Waals surface area (Å²) in [5.41, 5.74) is 1.34. The van der Waals surface area contributed by atoms with Gasteiger partial charge in [-0.2, -0.15) is 0 Å². The molecule has 1 aromatic heterocycles. The van der Waals surface area contributed by atoms with Gasteiger partial charge in [-0.3, -0.25) is 4.72 Å². The Labute approximate surface area is 125 Å². The number of aryl methyl sites for hydroxylation is 1. The number of anilines is 1. The first-order valence-corrected chi connectivity index (χ1v) is 7.94. The van der Waals surface area contributed by atoms with Crippen molar-refractivity contribution in [1.82, 2.24) is 4.98 Å². The van der Waals surface area contributed by atoms with Crippen LogP contribution in [0.1, 0.15) is 5.56 Å². The fraction of sp³-hybridized carbons (Fsp3) is 0.0833. The average Bonchev–Trinajstić information content (AvgIpc) is 2.33. The summed E-state index contributed by atoms with van der Waals surface area (Å²) in [6.45, 7) is 1.82. The van der Waals surface area contributed by atoms with Crippen LogP contribution < -0.4 is 4.72 Å². The normalized spacial score (nSPS) is 11.3. The van der Waals surface area contributed by atoms with E-state index >= 15 is 0 Å². The Bertz CT molecular complexity index is 719. The number of hydrogen-bond donors (Lipinski definition) is 1. The molecule has 7 heteroatoms. The first kappa shape index (κ1) is 14.3. The van der Waals surface area contributed by atoms with E-state index in [1.165, 1.54) is 18.3 Å². The van der Waals surface area contributed by atoms with Crippen molar-refractivity contribution >= 4 is 43.2 Å². The van der Waals surface area contributed by atoms with Gasteiger partial charge in [0.05, 0.1) is 10.6 Å². The van der Waals surface area contributed by atoms with Crippen molar-refractivity contribution < 1.29 is 8.42 Å². The second kappa shape index (κ2) is 5.48. The molecule has 19 heavy (non-hydrogen) atoms. The van der Waals surface area contributed by atoms with Crippen LogP contribution >= 0.6 is 27.5 Å². The van der Waals surface area contributed by atoms with Crippen LogP contribution in [0.5, 0.6) is 0 Å². The van der Waals surface area contributed by atoms with E-state index < -0.39 is 10.0 Å². The molecule has 0 bridgehead atoms. The number of halogens is 2. The SMILES string of the molecule is Cc1cc(Br)ccc1NS(=O)(=O)c1ccnc(Cl)c1. The van der Waals surface area contributed by atoms with Gasteiger partial charge in [-0.25, -0.2) is 13.4 Å². The molecular formula is C12H10BrClN2O2S. The molecule has 0 saturated heterocycles. The molecule has 0 unspecified atom stereocenters. The largest absolute Gasteiger partial charge is 0.279 e. The van der Waals surface area contributed by atoms with Crippen molar-refractivity contribution in [1.29, 1.82) is 0 Å². The number of hydrogen-bond acceptors (Lipinski definition) is 3. The Balaban J connectivity index is 2.36. The van der Waals surface area contributed by atoms with Crippen LogP contribution in [0.15, 0.2) is 45.9 Å². The number of nitrogens with one attached hydrogen (secondary N) is 1. The Hall–Kier alpha value is -1.11. The first-order chi connectivity index (χ1) is 8.88. The minimum Gasteiger partial charge on any atom is -0.279 e. The topological polar surface area (TPSA) is 59.1 Å². The predicted octanol–water partition coefficient (Wildman–Crippen LogP) is 3.61. The van der Waals surface area contributed by atoms with Crippen LogP contribution in [-0.2, 0) is 10.0 Å². The molecule has 0 radical (unpaired) electrons. The molecule has 1 aromatic carbocycles. The zero-order chi connectivity index (χ0) is 14.0. The molecule has 0 atom stereocenters. The van der Waals surface area contributed by atoms with Gasteiger partial charge in [0, 0.05) is 10.7 Å². The van der Waals surface area contributed by atoms with Crippen molar-refractivity contribution in [2.75, 3.05) is 4.72 Å². The van der Waals surface area contributed by atoms with Crippen LogP contribution in [0.3, 0.4) is 0 Å². The lowest BCUT2D eigenvalue weighted by Gasteiger charge is -2.10. The summed E-state index contributed by atoms with van der Waals surface area (Å²) in [4.78, 5) is 3.84. The van der Waals surface area contributed by atoms with E-state index in [9.17, 15) is 8.42 Å². The third-order valence-corrected chi connectivity index (χ3v) is 4.50. The van der Waals surface area contributed by atoms with Gasteiger partial charge < -0.3 is 0 Å². The Kier molecular flexibility index (Phi) is 4.13. The number of nitrogens with zero attached hydrogens (tertiary/aromatic N) is 1. The van der Waals surface area contributed by atoms with Crippen LogP contribution in [0.25, 0.3) is 0 Å². The van der Waals surface area contributed by atoms with Crippen molar-refractivity contribution in [3.8, 4) is 0 Å². The molecule has 0 aliphatic heterocycles. The Morgan fingerprint density at radius 1 is 1.26 bits per heavy atom. The lowest BCUT2D eigenvalue weighted by Crippen LogP contribution is -2.13. The molecule has 1 N–H and O–H groups in total. The van der Waals surface area contributed by atoms with Crippen LogP contribution in [0.4, 0.5) is 5.69 Å². The molecule has 0 spiro atoms. The molecule has 4 nitrogen and oxygen atoms in total. The molecule has 0 amide bonds. The van der Waals surface area contributed by atoms with Crippen LogP contribution in [-0.4, -0.2) is 13.4 Å². The Morgan fingerprint density at radius 3 is 2.63 bits per heavy atom. The van der Waals surface area contributed by atoms with Gasteiger partial charge >= 0.3 is 0 Å². The second-order valence-electron chi connectivity index (χ2n) is 3.88. The van der Waals surface area contributed by atoms with E-state index in [0.29, 0.717) is 5.69 Å². The number of benzene rings is 1. The van der Waals surface area contributed by atoms with Gasteiger partial charge in [0.25, 0.3) is 10.0 Å². The van der Waals surface area contributed by atoms with E-state index in [1.807, 2.05) is 13.0 Å². The van der Waals surface area contributed by atoms with E-state index in [0.717, 1.165) is 10.0 Å². The highest BCUT2D eigenvalue weighted by Crippen LogP contribution is 2.23. The first-order valence-electron chi connectivity index (χ1n) is 5.29.